The summed E-state index contributed by atoms with van der Waals surface area (Å²) in [7, 11) is 0. The molecule has 6 heteroatoms. The normalized spacial score (nSPS) is 14.9. The second kappa shape index (κ2) is 7.06. The number of carbonyl (C=O) groups is 2. The van der Waals surface area contributed by atoms with Crippen LogP contribution in [0.4, 0.5) is 9.18 Å². The molecule has 0 spiro atoms. The number of hydrogen-bond acceptors (Lipinski definition) is 2. The summed E-state index contributed by atoms with van der Waals surface area (Å²) in [4.78, 5) is 23.2. The molecule has 116 valence electrons. The highest BCUT2D eigenvalue weighted by Crippen LogP contribution is 2.15. The van der Waals surface area contributed by atoms with Crippen LogP contribution < -0.4 is 10.6 Å². The minimum Gasteiger partial charge on any atom is -0.480 e. The maximum Gasteiger partial charge on any atom is 0.329 e. The zero-order valence-electron chi connectivity index (χ0n) is 12.4. The highest BCUT2D eigenvalue weighted by Gasteiger charge is 2.34. The van der Waals surface area contributed by atoms with Crippen LogP contribution in [0.3, 0.4) is 0 Å². The van der Waals surface area contributed by atoms with Gasteiger partial charge in [-0.25, -0.2) is 14.0 Å². The second-order valence-electron chi connectivity index (χ2n) is 5.26. The molecular weight excluding hydrogens is 275 g/mol. The molecule has 0 bridgehead atoms. The van der Waals surface area contributed by atoms with E-state index in [4.69, 9.17) is 0 Å². The van der Waals surface area contributed by atoms with Crippen molar-refractivity contribution in [1.29, 1.82) is 0 Å². The van der Waals surface area contributed by atoms with Gasteiger partial charge in [-0.15, -0.1) is 0 Å². The molecule has 1 aromatic rings. The summed E-state index contributed by atoms with van der Waals surface area (Å²) in [5.74, 6) is -1.47. The Morgan fingerprint density at radius 2 is 2.10 bits per heavy atom. The van der Waals surface area contributed by atoms with E-state index < -0.39 is 23.6 Å². The fourth-order valence-electron chi connectivity index (χ4n) is 2.07. The van der Waals surface area contributed by atoms with Gasteiger partial charge in [0.05, 0.1) is 6.04 Å². The van der Waals surface area contributed by atoms with Gasteiger partial charge in [-0.2, -0.15) is 0 Å². The Balaban J connectivity index is 2.70. The Morgan fingerprint density at radius 3 is 2.62 bits per heavy atom. The molecule has 0 saturated carbocycles. The van der Waals surface area contributed by atoms with Crippen LogP contribution >= 0.6 is 0 Å². The van der Waals surface area contributed by atoms with Gasteiger partial charge in [0.25, 0.3) is 0 Å². The smallest absolute Gasteiger partial charge is 0.329 e. The molecule has 2 unspecified atom stereocenters. The fraction of sp³-hybridized carbons (Fsp3) is 0.467. The van der Waals surface area contributed by atoms with Gasteiger partial charge in [0, 0.05) is 0 Å². The maximum absolute atomic E-state index is 13.1. The van der Waals surface area contributed by atoms with Gasteiger partial charge < -0.3 is 15.7 Å². The summed E-state index contributed by atoms with van der Waals surface area (Å²) < 4.78 is 13.1. The molecule has 21 heavy (non-hydrogen) atoms. The standard InChI is InChI=1S/C15H21FN2O3/c1-4-8-15(3,13(19)20)18-14(21)17-10(2)11-6-5-7-12(16)9-11/h5-7,9-10H,4,8H2,1-3H3,(H,19,20)(H2,17,18,21). The predicted molar refractivity (Wildman–Crippen MR) is 77.4 cm³/mol. The van der Waals surface area contributed by atoms with Gasteiger partial charge >= 0.3 is 12.0 Å². The average molecular weight is 296 g/mol. The molecule has 0 heterocycles. The third-order valence-corrected chi connectivity index (χ3v) is 3.31. The van der Waals surface area contributed by atoms with Crippen molar-refractivity contribution in [2.75, 3.05) is 0 Å². The Labute approximate surface area is 123 Å². The average Bonchev–Trinajstić information content (AvgIpc) is 2.38. The van der Waals surface area contributed by atoms with Crippen LogP contribution in [0.1, 0.15) is 45.2 Å². The number of nitrogens with one attached hydrogen (secondary N) is 2. The van der Waals surface area contributed by atoms with E-state index >= 15 is 0 Å². The van der Waals surface area contributed by atoms with E-state index in [0.717, 1.165) is 0 Å². The van der Waals surface area contributed by atoms with Crippen molar-refractivity contribution in [1.82, 2.24) is 10.6 Å². The summed E-state index contributed by atoms with van der Waals surface area (Å²) >= 11 is 0. The van der Waals surface area contributed by atoms with E-state index in [1.807, 2.05) is 6.92 Å². The number of aliphatic carboxylic acids is 1. The summed E-state index contributed by atoms with van der Waals surface area (Å²) in [5.41, 5.74) is -0.710. The molecular formula is C15H21FN2O3. The Bertz CT molecular complexity index is 521. The predicted octanol–water partition coefficient (Wildman–Crippen LogP) is 2.83. The van der Waals surface area contributed by atoms with E-state index in [9.17, 15) is 19.1 Å². The lowest BCUT2D eigenvalue weighted by molar-refractivity contribution is -0.144. The van der Waals surface area contributed by atoms with Crippen LogP contribution in [-0.4, -0.2) is 22.6 Å². The third kappa shape index (κ3) is 4.73. The highest BCUT2D eigenvalue weighted by atomic mass is 19.1. The van der Waals surface area contributed by atoms with Crippen molar-refractivity contribution in [3.05, 3.63) is 35.6 Å². The van der Waals surface area contributed by atoms with E-state index in [-0.39, 0.29) is 5.82 Å². The number of rotatable bonds is 6. The van der Waals surface area contributed by atoms with Crippen LogP contribution in [-0.2, 0) is 4.79 Å². The third-order valence-electron chi connectivity index (χ3n) is 3.31. The highest BCUT2D eigenvalue weighted by molar-refractivity contribution is 5.86. The monoisotopic (exact) mass is 296 g/mol. The first kappa shape index (κ1) is 16.9. The molecule has 0 fully saturated rings. The van der Waals surface area contributed by atoms with E-state index in [0.29, 0.717) is 18.4 Å². The van der Waals surface area contributed by atoms with Gasteiger partial charge in [0.2, 0.25) is 0 Å². The quantitative estimate of drug-likeness (QED) is 0.755. The van der Waals surface area contributed by atoms with E-state index in [1.54, 1.807) is 19.1 Å². The molecule has 0 radical (unpaired) electrons. The number of benzene rings is 1. The van der Waals surface area contributed by atoms with E-state index in [1.165, 1.54) is 19.1 Å². The van der Waals surface area contributed by atoms with Crippen molar-refractivity contribution in [3.8, 4) is 0 Å². The number of halogens is 1. The summed E-state index contributed by atoms with van der Waals surface area (Å²) in [5, 5.41) is 14.3. The maximum atomic E-state index is 13.1. The van der Waals surface area contributed by atoms with Crippen LogP contribution in [0.5, 0.6) is 0 Å². The van der Waals surface area contributed by atoms with Crippen LogP contribution in [0, 0.1) is 5.82 Å². The number of carboxylic acids is 1. The van der Waals surface area contributed by atoms with E-state index in [2.05, 4.69) is 10.6 Å². The molecule has 1 aromatic carbocycles. The van der Waals surface area contributed by atoms with Crippen molar-refractivity contribution in [3.63, 3.8) is 0 Å². The first-order valence-electron chi connectivity index (χ1n) is 6.86. The molecule has 1 rings (SSSR count). The number of carbonyl (C=O) groups excluding carboxylic acids is 1. The molecule has 0 aliphatic heterocycles. The molecule has 0 aromatic heterocycles. The lowest BCUT2D eigenvalue weighted by Gasteiger charge is -2.27. The van der Waals surface area contributed by atoms with Crippen molar-refractivity contribution in [2.24, 2.45) is 0 Å². The van der Waals surface area contributed by atoms with Gasteiger partial charge in [-0.1, -0.05) is 25.5 Å². The Morgan fingerprint density at radius 1 is 1.43 bits per heavy atom. The number of urea groups is 1. The van der Waals surface area contributed by atoms with Gasteiger partial charge in [-0.3, -0.25) is 0 Å². The first-order chi connectivity index (χ1) is 9.78. The minimum absolute atomic E-state index is 0.324. The molecule has 2 atom stereocenters. The zero-order chi connectivity index (χ0) is 16.0. The molecule has 2 amide bonds. The number of amides is 2. The number of hydrogen-bond donors (Lipinski definition) is 3. The second-order valence-corrected chi connectivity index (χ2v) is 5.26. The zero-order valence-corrected chi connectivity index (χ0v) is 12.4. The first-order valence-corrected chi connectivity index (χ1v) is 6.86. The summed E-state index contributed by atoms with van der Waals surface area (Å²) in [6.07, 6.45) is 0.951. The lowest BCUT2D eigenvalue weighted by atomic mass is 9.96. The number of carboxylic acid groups (broad SMARTS) is 1. The fourth-order valence-corrected chi connectivity index (χ4v) is 2.07. The van der Waals surface area contributed by atoms with Crippen LogP contribution in [0.2, 0.25) is 0 Å². The largest absolute Gasteiger partial charge is 0.480 e. The topological polar surface area (TPSA) is 78.4 Å². The van der Waals surface area contributed by atoms with Crippen molar-refractivity contribution in [2.45, 2.75) is 45.2 Å². The van der Waals surface area contributed by atoms with Crippen LogP contribution in [0.25, 0.3) is 0 Å². The molecule has 0 aliphatic carbocycles. The van der Waals surface area contributed by atoms with Gasteiger partial charge in [0.1, 0.15) is 11.4 Å². The summed E-state index contributed by atoms with van der Waals surface area (Å²) in [6.45, 7) is 5.01. The minimum atomic E-state index is -1.32. The van der Waals surface area contributed by atoms with Crippen molar-refractivity contribution >= 4 is 12.0 Å². The van der Waals surface area contributed by atoms with Crippen LogP contribution in [0.15, 0.2) is 24.3 Å². The molecule has 0 saturated heterocycles. The molecule has 5 nitrogen and oxygen atoms in total. The van der Waals surface area contributed by atoms with Crippen molar-refractivity contribution < 1.29 is 19.1 Å². The Hall–Kier alpha value is -2.11. The molecule has 3 N–H and O–H groups in total. The van der Waals surface area contributed by atoms with Gasteiger partial charge in [-0.05, 0) is 38.0 Å². The SMILES string of the molecule is CCCC(C)(NC(=O)NC(C)c1cccc(F)c1)C(=O)O. The van der Waals surface area contributed by atoms with Gasteiger partial charge in [0.15, 0.2) is 0 Å². The lowest BCUT2D eigenvalue weighted by Crippen LogP contribution is -2.55. The molecule has 0 aliphatic rings. The summed E-state index contributed by atoms with van der Waals surface area (Å²) in [6, 6.07) is 4.87. The Kier molecular flexibility index (Phi) is 5.69.